The zero-order valence-corrected chi connectivity index (χ0v) is 18.1. The summed E-state index contributed by atoms with van der Waals surface area (Å²) >= 11 is 0. The Morgan fingerprint density at radius 2 is 2.11 bits per heavy atom. The van der Waals surface area contributed by atoms with Crippen molar-refractivity contribution >= 4 is 17.5 Å². The second-order valence-electron chi connectivity index (χ2n) is 8.93. The van der Waals surface area contributed by atoms with Crippen LogP contribution >= 0.6 is 0 Å². The van der Waals surface area contributed by atoms with Gasteiger partial charge >= 0.3 is 0 Å². The molecule has 1 aromatic rings. The molecule has 0 radical (unpaired) electrons. The second-order valence-corrected chi connectivity index (χ2v) is 8.93. The fourth-order valence-corrected chi connectivity index (χ4v) is 3.37. The molecule has 0 unspecified atom stereocenters. The number of aryl methyl sites for hydroxylation is 1. The molecule has 2 heterocycles. The summed E-state index contributed by atoms with van der Waals surface area (Å²) in [5.74, 6) is 1.59. The van der Waals surface area contributed by atoms with Crippen molar-refractivity contribution in [3.05, 3.63) is 17.2 Å². The molecule has 0 bridgehead atoms. The molecule has 2 rings (SSSR count). The highest BCUT2D eigenvalue weighted by Crippen LogP contribution is 2.27. The van der Waals surface area contributed by atoms with Crippen LogP contribution < -0.4 is 15.1 Å². The van der Waals surface area contributed by atoms with Gasteiger partial charge in [0.2, 0.25) is 0 Å². The molecule has 1 fully saturated rings. The number of amides is 1. The zero-order valence-electron chi connectivity index (χ0n) is 18.1. The van der Waals surface area contributed by atoms with E-state index in [2.05, 4.69) is 37.9 Å². The summed E-state index contributed by atoms with van der Waals surface area (Å²) in [7, 11) is 3.87. The molecule has 1 saturated heterocycles. The monoisotopic (exact) mass is 376 g/mol. The lowest BCUT2D eigenvalue weighted by atomic mass is 9.91. The fourth-order valence-electron chi connectivity index (χ4n) is 3.37. The van der Waals surface area contributed by atoms with Crippen molar-refractivity contribution in [1.29, 1.82) is 0 Å². The molecule has 0 spiro atoms. The predicted octanol–water partition coefficient (Wildman–Crippen LogP) is 3.24. The van der Waals surface area contributed by atoms with Crippen LogP contribution in [0.1, 0.15) is 56.5 Å². The molecule has 0 aliphatic carbocycles. The van der Waals surface area contributed by atoms with Gasteiger partial charge in [-0.3, -0.25) is 4.79 Å². The van der Waals surface area contributed by atoms with Crippen LogP contribution in [0.15, 0.2) is 6.07 Å². The highest BCUT2D eigenvalue weighted by Gasteiger charge is 2.24. The first-order valence-electron chi connectivity index (χ1n) is 9.91. The Bertz CT molecular complexity index is 652. The lowest BCUT2D eigenvalue weighted by Crippen LogP contribution is -2.44. The number of rotatable bonds is 6. The summed E-state index contributed by atoms with van der Waals surface area (Å²) in [4.78, 5) is 21.9. The Morgan fingerprint density at radius 1 is 1.41 bits per heavy atom. The summed E-state index contributed by atoms with van der Waals surface area (Å²) in [5, 5.41) is 3.08. The first-order valence-corrected chi connectivity index (χ1v) is 9.91. The molecule has 152 valence electrons. The summed E-state index contributed by atoms with van der Waals surface area (Å²) < 4.78 is 5.54. The van der Waals surface area contributed by atoms with Gasteiger partial charge in [0, 0.05) is 27.2 Å². The number of anilines is 2. The average molecular weight is 377 g/mol. The standard InChI is InChI=1S/C21H36N4O2/c1-15-13-17(25-11-12-27-14-16(25)2)23-19(24(6)7)18(15)20(26)22-10-8-9-21(3,4)5/h13,16H,8-12,14H2,1-7H3,(H,22,26)/t16-/m1/s1. The van der Waals surface area contributed by atoms with Crippen molar-refractivity contribution in [2.24, 2.45) is 5.41 Å². The molecule has 1 aliphatic heterocycles. The third-order valence-electron chi connectivity index (χ3n) is 4.89. The molecule has 1 aliphatic rings. The third-order valence-corrected chi connectivity index (χ3v) is 4.89. The van der Waals surface area contributed by atoms with Crippen molar-refractivity contribution < 1.29 is 9.53 Å². The minimum Gasteiger partial charge on any atom is -0.377 e. The summed E-state index contributed by atoms with van der Waals surface area (Å²) in [6, 6.07) is 2.30. The quantitative estimate of drug-likeness (QED) is 0.773. The smallest absolute Gasteiger partial charge is 0.255 e. The van der Waals surface area contributed by atoms with Crippen LogP contribution in [0.25, 0.3) is 0 Å². The van der Waals surface area contributed by atoms with Crippen LogP contribution in [0, 0.1) is 12.3 Å². The van der Waals surface area contributed by atoms with Gasteiger partial charge in [-0.1, -0.05) is 20.8 Å². The number of carbonyl (C=O) groups is 1. The molecule has 1 N–H and O–H groups in total. The minimum atomic E-state index is -0.0424. The molecule has 0 saturated carbocycles. The van der Waals surface area contributed by atoms with Crippen LogP contribution in [0.4, 0.5) is 11.6 Å². The van der Waals surface area contributed by atoms with Gasteiger partial charge in [0.05, 0.1) is 24.8 Å². The van der Waals surface area contributed by atoms with E-state index in [0.29, 0.717) is 25.3 Å². The van der Waals surface area contributed by atoms with Crippen LogP contribution in [0.5, 0.6) is 0 Å². The SMILES string of the molecule is Cc1cc(N2CCOC[C@H]2C)nc(N(C)C)c1C(=O)NCCCC(C)(C)C. The fraction of sp³-hybridized carbons (Fsp3) is 0.714. The highest BCUT2D eigenvalue weighted by atomic mass is 16.5. The molecule has 1 amide bonds. The van der Waals surface area contributed by atoms with E-state index in [4.69, 9.17) is 9.72 Å². The molecule has 1 aromatic heterocycles. The van der Waals surface area contributed by atoms with Gasteiger partial charge in [-0.25, -0.2) is 4.98 Å². The third kappa shape index (κ3) is 5.83. The van der Waals surface area contributed by atoms with Crippen molar-refractivity contribution in [2.75, 3.05) is 50.2 Å². The maximum absolute atomic E-state index is 12.9. The molecule has 0 aromatic carbocycles. The first kappa shape index (κ1) is 21.5. The van der Waals surface area contributed by atoms with E-state index < -0.39 is 0 Å². The summed E-state index contributed by atoms with van der Waals surface area (Å²) in [6.45, 7) is 13.7. The first-order chi connectivity index (χ1) is 12.6. The molecule has 6 heteroatoms. The van der Waals surface area contributed by atoms with Crippen LogP contribution in [-0.4, -0.2) is 57.3 Å². The zero-order chi connectivity index (χ0) is 20.2. The topological polar surface area (TPSA) is 57.7 Å². The van der Waals surface area contributed by atoms with Crippen molar-refractivity contribution in [3.63, 3.8) is 0 Å². The summed E-state index contributed by atoms with van der Waals surface area (Å²) in [6.07, 6.45) is 2.06. The normalized spacial score (nSPS) is 17.7. The minimum absolute atomic E-state index is 0.0424. The van der Waals surface area contributed by atoms with Gasteiger partial charge in [-0.05, 0) is 43.7 Å². The molecule has 6 nitrogen and oxygen atoms in total. The highest BCUT2D eigenvalue weighted by molar-refractivity contribution is 6.00. The van der Waals surface area contributed by atoms with Crippen LogP contribution in [-0.2, 0) is 4.74 Å². The second kappa shape index (κ2) is 8.91. The number of hydrogen-bond donors (Lipinski definition) is 1. The number of carbonyl (C=O) groups excluding carboxylic acids is 1. The van der Waals surface area contributed by atoms with Crippen molar-refractivity contribution in [1.82, 2.24) is 10.3 Å². The Labute approximate surface area is 164 Å². The Hall–Kier alpha value is -1.82. The van der Waals surface area contributed by atoms with E-state index in [1.165, 1.54) is 0 Å². The van der Waals surface area contributed by atoms with Crippen LogP contribution in [0.2, 0.25) is 0 Å². The number of nitrogens with zero attached hydrogens (tertiary/aromatic N) is 3. The van der Waals surface area contributed by atoms with Crippen LogP contribution in [0.3, 0.4) is 0 Å². The summed E-state index contributed by atoms with van der Waals surface area (Å²) in [5.41, 5.74) is 1.91. The van der Waals surface area contributed by atoms with E-state index in [-0.39, 0.29) is 17.4 Å². The molecular formula is C21H36N4O2. The van der Waals surface area contributed by atoms with Gasteiger partial charge in [0.25, 0.3) is 5.91 Å². The number of hydrogen-bond acceptors (Lipinski definition) is 5. The molecular weight excluding hydrogens is 340 g/mol. The Balaban J connectivity index is 2.19. The van der Waals surface area contributed by atoms with E-state index >= 15 is 0 Å². The van der Waals surface area contributed by atoms with Gasteiger partial charge in [0.1, 0.15) is 11.6 Å². The number of nitrogens with one attached hydrogen (secondary N) is 1. The van der Waals surface area contributed by atoms with Gasteiger partial charge in [-0.2, -0.15) is 0 Å². The Kier molecular flexibility index (Phi) is 7.09. The van der Waals surface area contributed by atoms with Crippen molar-refractivity contribution in [3.8, 4) is 0 Å². The molecule has 1 atom stereocenters. The van der Waals surface area contributed by atoms with E-state index in [0.717, 1.165) is 36.6 Å². The van der Waals surface area contributed by atoms with Gasteiger partial charge in [0.15, 0.2) is 0 Å². The van der Waals surface area contributed by atoms with Crippen molar-refractivity contribution in [2.45, 2.75) is 53.5 Å². The number of ether oxygens (including phenoxy) is 1. The molecule has 27 heavy (non-hydrogen) atoms. The van der Waals surface area contributed by atoms with Gasteiger partial charge in [-0.15, -0.1) is 0 Å². The lowest BCUT2D eigenvalue weighted by Gasteiger charge is -2.35. The van der Waals surface area contributed by atoms with E-state index in [1.54, 1.807) is 0 Å². The van der Waals surface area contributed by atoms with Gasteiger partial charge < -0.3 is 19.9 Å². The number of morpholine rings is 1. The van der Waals surface area contributed by atoms with E-state index in [9.17, 15) is 4.79 Å². The number of pyridine rings is 1. The Morgan fingerprint density at radius 3 is 2.70 bits per heavy atom. The number of aromatic nitrogens is 1. The maximum atomic E-state index is 12.9. The maximum Gasteiger partial charge on any atom is 0.255 e. The largest absolute Gasteiger partial charge is 0.377 e. The average Bonchev–Trinajstić information content (AvgIpc) is 2.57. The lowest BCUT2D eigenvalue weighted by molar-refractivity contribution is 0.0950. The predicted molar refractivity (Wildman–Crippen MR) is 112 cm³/mol. The van der Waals surface area contributed by atoms with E-state index in [1.807, 2.05) is 32.0 Å².